The number of halogens is 4. The van der Waals surface area contributed by atoms with Crippen LogP contribution in [0, 0.1) is 11.7 Å². The fraction of sp³-hybridized carbons (Fsp3) is 0.571. The Morgan fingerprint density at radius 3 is 2.40 bits per heavy atom. The van der Waals surface area contributed by atoms with Gasteiger partial charge in [0.05, 0.1) is 0 Å². The second-order valence-corrected chi connectivity index (χ2v) is 5.75. The summed E-state index contributed by atoms with van der Waals surface area (Å²) in [5, 5.41) is 3.16. The zero-order chi connectivity index (χ0) is 15.0. The highest BCUT2D eigenvalue weighted by Crippen LogP contribution is 2.31. The van der Waals surface area contributed by atoms with Gasteiger partial charge in [-0.15, -0.1) is 0 Å². The molecule has 1 aromatic rings. The molecule has 0 aromatic heterocycles. The first-order chi connectivity index (χ1) is 9.40. The first-order valence-electron chi connectivity index (χ1n) is 6.56. The van der Waals surface area contributed by atoms with Gasteiger partial charge in [0.15, 0.2) is 0 Å². The van der Waals surface area contributed by atoms with Crippen molar-refractivity contribution >= 4 is 11.8 Å². The molecular weight excluding hydrogens is 290 g/mol. The van der Waals surface area contributed by atoms with Gasteiger partial charge in [-0.1, -0.05) is 30.8 Å². The molecule has 1 unspecified atom stereocenters. The predicted molar refractivity (Wildman–Crippen MR) is 75.3 cm³/mol. The van der Waals surface area contributed by atoms with Crippen LogP contribution in [0.15, 0.2) is 24.3 Å². The van der Waals surface area contributed by atoms with Gasteiger partial charge in [0.2, 0.25) is 0 Å². The van der Waals surface area contributed by atoms with Crippen LogP contribution in [-0.4, -0.2) is 24.4 Å². The van der Waals surface area contributed by atoms with Crippen LogP contribution in [0.2, 0.25) is 0 Å². The number of hydrogen-bond acceptors (Lipinski definition) is 2. The summed E-state index contributed by atoms with van der Waals surface area (Å²) in [6.45, 7) is 3.41. The zero-order valence-corrected chi connectivity index (χ0v) is 12.2. The summed E-state index contributed by atoms with van der Waals surface area (Å²) in [5.74, 6) is -0.124. The molecule has 0 saturated heterocycles. The molecule has 1 nitrogen and oxygen atoms in total. The van der Waals surface area contributed by atoms with Crippen molar-refractivity contribution in [3.8, 4) is 0 Å². The molecule has 1 atom stereocenters. The molecule has 6 heteroatoms. The average Bonchev–Trinajstić information content (AvgIpc) is 2.37. The number of hydrogen-bond donors (Lipinski definition) is 1. The summed E-state index contributed by atoms with van der Waals surface area (Å²) in [6.07, 6.45) is 1.14. The number of nitrogens with one attached hydrogen (secondary N) is 1. The summed E-state index contributed by atoms with van der Waals surface area (Å²) in [5.41, 5.74) is -3.22. The monoisotopic (exact) mass is 309 g/mol. The van der Waals surface area contributed by atoms with Crippen molar-refractivity contribution in [1.82, 2.24) is 5.32 Å². The predicted octanol–water partition coefficient (Wildman–Crippen LogP) is 4.24. The number of rotatable bonds is 8. The van der Waals surface area contributed by atoms with E-state index in [9.17, 15) is 17.6 Å². The summed E-state index contributed by atoms with van der Waals surface area (Å²) in [4.78, 5) is 0. The zero-order valence-electron chi connectivity index (χ0n) is 11.3. The van der Waals surface area contributed by atoms with Gasteiger partial charge >= 0.3 is 5.51 Å². The van der Waals surface area contributed by atoms with Crippen molar-refractivity contribution in [3.63, 3.8) is 0 Å². The molecule has 1 rings (SSSR count). The molecule has 0 amide bonds. The molecule has 0 radical (unpaired) electrons. The first-order valence-corrected chi connectivity index (χ1v) is 7.55. The Hall–Kier alpha value is -0.750. The van der Waals surface area contributed by atoms with Crippen LogP contribution in [0.25, 0.3) is 0 Å². The van der Waals surface area contributed by atoms with Crippen molar-refractivity contribution in [3.05, 3.63) is 35.6 Å². The van der Waals surface area contributed by atoms with Crippen LogP contribution in [0.1, 0.15) is 18.9 Å². The van der Waals surface area contributed by atoms with E-state index in [2.05, 4.69) is 5.32 Å². The van der Waals surface area contributed by atoms with Gasteiger partial charge in [-0.2, -0.15) is 13.2 Å². The Bertz CT molecular complexity index is 378. The lowest BCUT2D eigenvalue weighted by Crippen LogP contribution is -2.25. The third-order valence-corrected chi connectivity index (χ3v) is 3.68. The number of thioether (sulfide) groups is 1. The van der Waals surface area contributed by atoms with Crippen LogP contribution >= 0.6 is 11.8 Å². The van der Waals surface area contributed by atoms with E-state index in [0.29, 0.717) is 19.4 Å². The molecule has 0 heterocycles. The van der Waals surface area contributed by atoms with Crippen molar-refractivity contribution in [2.45, 2.75) is 25.3 Å². The lowest BCUT2D eigenvalue weighted by molar-refractivity contribution is -0.0328. The molecule has 1 aromatic carbocycles. The second kappa shape index (κ2) is 8.52. The number of benzene rings is 1. The minimum Gasteiger partial charge on any atom is -0.317 e. The van der Waals surface area contributed by atoms with Crippen molar-refractivity contribution in [2.75, 3.05) is 18.8 Å². The van der Waals surface area contributed by atoms with E-state index in [4.69, 9.17) is 0 Å². The van der Waals surface area contributed by atoms with Crippen LogP contribution in [0.3, 0.4) is 0 Å². The lowest BCUT2D eigenvalue weighted by atomic mass is 9.97. The highest BCUT2D eigenvalue weighted by Gasteiger charge is 2.28. The van der Waals surface area contributed by atoms with E-state index >= 15 is 0 Å². The van der Waals surface area contributed by atoms with Crippen LogP contribution in [0.4, 0.5) is 17.6 Å². The van der Waals surface area contributed by atoms with Gasteiger partial charge in [0.25, 0.3) is 0 Å². The van der Waals surface area contributed by atoms with Gasteiger partial charge in [-0.05, 0) is 49.5 Å². The van der Waals surface area contributed by atoms with Gasteiger partial charge in [-0.25, -0.2) is 4.39 Å². The minimum atomic E-state index is -4.17. The van der Waals surface area contributed by atoms with Crippen molar-refractivity contribution in [1.29, 1.82) is 0 Å². The molecule has 0 saturated carbocycles. The molecule has 114 valence electrons. The third kappa shape index (κ3) is 7.75. The fourth-order valence-corrected chi connectivity index (χ4v) is 2.60. The molecule has 20 heavy (non-hydrogen) atoms. The Kier molecular flexibility index (Phi) is 7.37. The fourth-order valence-electron chi connectivity index (χ4n) is 1.92. The minimum absolute atomic E-state index is 0.0206. The van der Waals surface area contributed by atoms with E-state index in [1.54, 1.807) is 12.1 Å². The topological polar surface area (TPSA) is 12.0 Å². The van der Waals surface area contributed by atoms with E-state index in [0.717, 1.165) is 12.1 Å². The maximum Gasteiger partial charge on any atom is 0.441 e. The SMILES string of the molecule is CCNCC(CCSC(F)(F)F)Cc1ccc(F)cc1. The molecule has 0 fully saturated rings. The van der Waals surface area contributed by atoms with Crippen LogP contribution in [-0.2, 0) is 6.42 Å². The standard InChI is InChI=1S/C14H19F4NS/c1-2-19-10-12(7-8-20-14(16,17)18)9-11-3-5-13(15)6-4-11/h3-6,12,19H,2,7-10H2,1H3. The van der Waals surface area contributed by atoms with Gasteiger partial charge < -0.3 is 5.32 Å². The maximum absolute atomic E-state index is 12.8. The van der Waals surface area contributed by atoms with Crippen molar-refractivity contribution in [2.24, 2.45) is 5.92 Å². The summed E-state index contributed by atoms with van der Waals surface area (Å²) in [7, 11) is 0. The Balaban J connectivity index is 2.48. The van der Waals surface area contributed by atoms with Crippen molar-refractivity contribution < 1.29 is 17.6 Å². The van der Waals surface area contributed by atoms with E-state index < -0.39 is 5.51 Å². The van der Waals surface area contributed by atoms with Crippen LogP contribution < -0.4 is 5.32 Å². The smallest absolute Gasteiger partial charge is 0.317 e. The van der Waals surface area contributed by atoms with E-state index in [1.807, 2.05) is 6.92 Å². The molecule has 0 bridgehead atoms. The first kappa shape index (κ1) is 17.3. The van der Waals surface area contributed by atoms with E-state index in [1.165, 1.54) is 12.1 Å². The maximum atomic E-state index is 12.8. The molecule has 0 aliphatic heterocycles. The van der Waals surface area contributed by atoms with Gasteiger partial charge in [-0.3, -0.25) is 0 Å². The third-order valence-electron chi connectivity index (χ3n) is 2.91. The average molecular weight is 309 g/mol. The largest absolute Gasteiger partial charge is 0.441 e. The Morgan fingerprint density at radius 2 is 1.85 bits per heavy atom. The number of alkyl halides is 3. The summed E-state index contributed by atoms with van der Waals surface area (Å²) >= 11 is 0.0206. The normalized spacial score (nSPS) is 13.4. The summed E-state index contributed by atoms with van der Waals surface area (Å²) < 4.78 is 49.2. The van der Waals surface area contributed by atoms with Gasteiger partial charge in [0.1, 0.15) is 5.82 Å². The van der Waals surface area contributed by atoms with Gasteiger partial charge in [0, 0.05) is 5.75 Å². The molecular formula is C14H19F4NS. The highest BCUT2D eigenvalue weighted by molar-refractivity contribution is 8.00. The van der Waals surface area contributed by atoms with Crippen LogP contribution in [0.5, 0.6) is 0 Å². The molecule has 0 aliphatic carbocycles. The second-order valence-electron chi connectivity index (χ2n) is 4.59. The highest BCUT2D eigenvalue weighted by atomic mass is 32.2. The molecule has 0 aliphatic rings. The Morgan fingerprint density at radius 1 is 1.20 bits per heavy atom. The Labute approximate surface area is 121 Å². The molecule has 0 spiro atoms. The quantitative estimate of drug-likeness (QED) is 0.721. The van der Waals surface area contributed by atoms with E-state index in [-0.39, 0.29) is 29.2 Å². The summed E-state index contributed by atoms with van der Waals surface area (Å²) in [6, 6.07) is 6.13. The lowest BCUT2D eigenvalue weighted by Gasteiger charge is -2.17. The molecule has 1 N–H and O–H groups in total.